The van der Waals surface area contributed by atoms with Crippen molar-refractivity contribution in [2.45, 2.75) is 50.7 Å². The van der Waals surface area contributed by atoms with E-state index in [1.807, 2.05) is 36.4 Å². The van der Waals surface area contributed by atoms with E-state index in [9.17, 15) is 9.59 Å². The molecule has 2 fully saturated rings. The minimum absolute atomic E-state index is 0.0732. The zero-order valence-corrected chi connectivity index (χ0v) is 40.1. The Hall–Kier alpha value is -6.50. The highest BCUT2D eigenvalue weighted by atomic mass is 35.5. The largest absolute Gasteiger partial charge is 0.493 e. The van der Waals surface area contributed by atoms with Gasteiger partial charge in [-0.2, -0.15) is 0 Å². The van der Waals surface area contributed by atoms with Gasteiger partial charge in [0.05, 0.1) is 108 Å². The number of nitrogens with zero attached hydrogens (tertiary/aromatic N) is 2. The van der Waals surface area contributed by atoms with Crippen molar-refractivity contribution >= 4 is 57.8 Å². The van der Waals surface area contributed by atoms with Gasteiger partial charge in [-0.25, -0.2) is 0 Å². The Kier molecular flexibility index (Phi) is 14.8. The summed E-state index contributed by atoms with van der Waals surface area (Å²) in [6.45, 7) is 8.38. The lowest BCUT2D eigenvalue weighted by Crippen LogP contribution is -2.33. The number of pyridine rings is 2. The number of hydrogen-bond acceptors (Lipinski definition) is 13. The molecule has 8 heterocycles. The van der Waals surface area contributed by atoms with E-state index in [1.54, 1.807) is 51.1 Å². The monoisotopic (exact) mass is 980 g/mol. The van der Waals surface area contributed by atoms with Gasteiger partial charge >= 0.3 is 0 Å². The Bertz CT molecular complexity index is 2810. The molecule has 4 aliphatic rings. The van der Waals surface area contributed by atoms with Crippen LogP contribution in [0.4, 0.5) is 22.7 Å². The third-order valence-electron chi connectivity index (χ3n) is 12.4. The van der Waals surface area contributed by atoms with Crippen LogP contribution in [-0.2, 0) is 14.2 Å². The summed E-state index contributed by atoms with van der Waals surface area (Å²) < 4.78 is 40.2. The minimum Gasteiger partial charge on any atom is -0.493 e. The molecule has 19 heteroatoms. The third kappa shape index (κ3) is 10.1. The molecule has 0 spiro atoms. The number of H-pyrrole nitrogens is 2. The maximum absolute atomic E-state index is 13.0. The molecule has 2 saturated heterocycles. The van der Waals surface area contributed by atoms with E-state index in [0.29, 0.717) is 119 Å². The van der Waals surface area contributed by atoms with Crippen molar-refractivity contribution in [1.29, 1.82) is 0 Å². The maximum Gasteiger partial charge on any atom is 0.255 e. The number of methoxy groups -OCH3 is 2. The van der Waals surface area contributed by atoms with Gasteiger partial charge in [0.2, 0.25) is 0 Å². The van der Waals surface area contributed by atoms with Crippen molar-refractivity contribution in [2.24, 2.45) is 0 Å². The number of ether oxygens (including phenoxy) is 7. The minimum atomic E-state index is -0.159. The number of para-hydroxylation sites is 2. The highest BCUT2D eigenvalue weighted by Crippen LogP contribution is 2.46. The van der Waals surface area contributed by atoms with Crippen molar-refractivity contribution in [3.05, 3.63) is 106 Å². The van der Waals surface area contributed by atoms with Gasteiger partial charge < -0.3 is 64.4 Å². The number of carbonyl (C=O) groups excluding carboxylic acids is 2. The predicted octanol–water partition coefficient (Wildman–Crippen LogP) is 9.01. The first kappa shape index (κ1) is 47.6. The highest BCUT2D eigenvalue weighted by Gasteiger charge is 2.34. The lowest BCUT2D eigenvalue weighted by Gasteiger charge is -2.23. The lowest BCUT2D eigenvalue weighted by molar-refractivity contribution is -0.101. The molecule has 0 bridgehead atoms. The summed E-state index contributed by atoms with van der Waals surface area (Å²) in [7, 11) is 3.12. The Morgan fingerprint density at radius 1 is 0.681 bits per heavy atom. The topological polar surface area (TPSA) is 204 Å². The van der Waals surface area contributed by atoms with E-state index in [4.69, 9.17) is 56.4 Å². The number of halogens is 2. The number of amides is 2. The fraction of sp³-hybridized carbons (Fsp3) is 0.360. The molecule has 2 amide bonds. The first-order chi connectivity index (χ1) is 33.6. The molecule has 69 heavy (non-hydrogen) atoms. The van der Waals surface area contributed by atoms with Gasteiger partial charge in [-0.1, -0.05) is 49.2 Å². The number of aromatic nitrogens is 4. The molecule has 4 aromatic heterocycles. The van der Waals surface area contributed by atoms with Gasteiger partial charge in [-0.05, 0) is 49.2 Å². The third-order valence-corrected chi connectivity index (χ3v) is 13.0. The van der Waals surface area contributed by atoms with Crippen molar-refractivity contribution < 1.29 is 42.7 Å². The molecule has 4 aliphatic heterocycles. The lowest BCUT2D eigenvalue weighted by atomic mass is 9.98. The fourth-order valence-electron chi connectivity index (χ4n) is 8.85. The second-order valence-electron chi connectivity index (χ2n) is 17.0. The number of aromatic amines is 2. The van der Waals surface area contributed by atoms with Gasteiger partial charge in [0, 0.05) is 66.4 Å². The molecule has 0 aliphatic carbocycles. The summed E-state index contributed by atoms with van der Waals surface area (Å²) in [5.41, 5.74) is 8.36. The van der Waals surface area contributed by atoms with E-state index in [2.05, 4.69) is 55.1 Å². The van der Waals surface area contributed by atoms with Crippen molar-refractivity contribution in [2.75, 3.05) is 77.6 Å². The number of rotatable bonds is 14. The van der Waals surface area contributed by atoms with Crippen molar-refractivity contribution in [1.82, 2.24) is 30.6 Å². The number of hydrogen-bond donors (Lipinski definition) is 6. The van der Waals surface area contributed by atoms with Crippen LogP contribution in [0.5, 0.6) is 23.0 Å². The summed E-state index contributed by atoms with van der Waals surface area (Å²) in [6, 6.07) is 14.6. The van der Waals surface area contributed by atoms with Crippen LogP contribution in [0.15, 0.2) is 73.3 Å². The van der Waals surface area contributed by atoms with Gasteiger partial charge in [0.15, 0.2) is 11.5 Å². The fourth-order valence-corrected chi connectivity index (χ4v) is 9.36. The summed E-state index contributed by atoms with van der Waals surface area (Å²) in [5, 5.41) is 13.7. The van der Waals surface area contributed by atoms with Crippen LogP contribution in [-0.4, -0.2) is 111 Å². The first-order valence-corrected chi connectivity index (χ1v) is 23.6. The zero-order chi connectivity index (χ0) is 48.0. The molecule has 4 atom stereocenters. The highest BCUT2D eigenvalue weighted by molar-refractivity contribution is 6.33. The van der Waals surface area contributed by atoms with Crippen LogP contribution >= 0.6 is 23.2 Å². The molecule has 6 N–H and O–H groups in total. The molecule has 17 nitrogen and oxygen atoms in total. The van der Waals surface area contributed by atoms with Crippen LogP contribution in [0.25, 0.3) is 22.5 Å². The van der Waals surface area contributed by atoms with E-state index in [1.165, 1.54) is 0 Å². The summed E-state index contributed by atoms with van der Waals surface area (Å²) in [4.78, 5) is 41.5. The molecule has 2 aromatic carbocycles. The van der Waals surface area contributed by atoms with Crippen LogP contribution in [0.2, 0.25) is 10.0 Å². The van der Waals surface area contributed by atoms with E-state index >= 15 is 0 Å². The molecule has 6 aromatic rings. The van der Waals surface area contributed by atoms with Gasteiger partial charge in [-0.15, -0.1) is 0 Å². The summed E-state index contributed by atoms with van der Waals surface area (Å²) >= 11 is 12.7. The Labute approximate surface area is 409 Å². The average molecular weight is 982 g/mol. The van der Waals surface area contributed by atoms with Gasteiger partial charge in [0.25, 0.3) is 11.8 Å². The normalized spacial score (nSPS) is 19.5. The maximum atomic E-state index is 13.0. The molecular formula is C50H54Cl2N8O9. The zero-order valence-electron chi connectivity index (χ0n) is 38.6. The van der Waals surface area contributed by atoms with E-state index in [-0.39, 0.29) is 35.9 Å². The number of fused-ring (bicyclic) bond motifs is 2. The predicted molar refractivity (Wildman–Crippen MR) is 263 cm³/mol. The molecule has 0 saturated carbocycles. The summed E-state index contributed by atoms with van der Waals surface area (Å²) in [6.07, 6.45) is 8.68. The first-order valence-electron chi connectivity index (χ1n) is 22.9. The quantitative estimate of drug-likeness (QED) is 0.0604. The number of anilines is 4. The smallest absolute Gasteiger partial charge is 0.255 e. The average Bonchev–Trinajstić information content (AvgIpc) is 4.13. The van der Waals surface area contributed by atoms with E-state index in [0.717, 1.165) is 47.7 Å². The van der Waals surface area contributed by atoms with Crippen LogP contribution in [0.1, 0.15) is 70.6 Å². The number of benzene rings is 2. The Morgan fingerprint density at radius 2 is 1.19 bits per heavy atom. The van der Waals surface area contributed by atoms with Crippen LogP contribution in [0, 0.1) is 0 Å². The van der Waals surface area contributed by atoms with Crippen molar-refractivity contribution in [3.8, 4) is 45.5 Å². The molecule has 362 valence electrons. The van der Waals surface area contributed by atoms with Crippen LogP contribution in [0.3, 0.4) is 0 Å². The SMILES string of the molecule is COc1c(Cl)cccc1Nc1c(-c2ccncc2OCC2COCCO2)[nH]c2c1C(=O)NC[C@H]2C.COc1c(Cl)cccc1Nc1c(-c2ccncc2OC[C@@H]2CCCO2)[nH]c2c1C(=O)NC[C@H]2C. The molecule has 10 rings (SSSR count). The number of carbonyl (C=O) groups is 2. The Balaban J connectivity index is 0.000000172. The van der Waals surface area contributed by atoms with Crippen LogP contribution < -0.4 is 40.2 Å². The van der Waals surface area contributed by atoms with Crippen molar-refractivity contribution in [3.63, 3.8) is 0 Å². The number of nitrogens with one attached hydrogen (secondary N) is 6. The second kappa shape index (κ2) is 21.4. The standard InChI is InChI=1S/C25H27ClN4O5.C25H27ClN4O4/c1-14-10-28-25(31)20-21(14)30-22(23(20)29-18-5-3-4-17(26)24(18)32-2)16-6-7-27-11-19(16)35-13-15-12-33-8-9-34-15;1-14-11-28-25(31)20-21(14)30-22(23(20)29-18-7-3-6-17(26)24(18)32-2)16-8-9-27-12-19(16)34-13-15-5-4-10-33-15/h3-7,11,14-15,29-30H,8-10,12-13H2,1-2H3,(H,28,31);3,6-9,12,14-15,29-30H,4-5,10-11,13H2,1-2H3,(H,28,31)/t14-,15?;14-,15+/m11/s1. The second-order valence-corrected chi connectivity index (χ2v) is 17.8. The molecular weight excluding hydrogens is 928 g/mol. The molecule has 1 unspecified atom stereocenters. The molecule has 0 radical (unpaired) electrons. The van der Waals surface area contributed by atoms with E-state index < -0.39 is 0 Å². The van der Waals surface area contributed by atoms with Gasteiger partial charge in [-0.3, -0.25) is 19.6 Å². The Morgan fingerprint density at radius 3 is 1.65 bits per heavy atom. The van der Waals surface area contributed by atoms with Gasteiger partial charge in [0.1, 0.15) is 30.8 Å². The summed E-state index contributed by atoms with van der Waals surface area (Å²) in [5.74, 6) is 2.07.